The van der Waals surface area contributed by atoms with Gasteiger partial charge < -0.3 is 20.1 Å². The monoisotopic (exact) mass is 482 g/mol. The van der Waals surface area contributed by atoms with Crippen molar-refractivity contribution in [1.29, 1.82) is 0 Å². The van der Waals surface area contributed by atoms with Gasteiger partial charge in [0.1, 0.15) is 12.4 Å². The van der Waals surface area contributed by atoms with Crippen LogP contribution < -0.4 is 10.6 Å². The summed E-state index contributed by atoms with van der Waals surface area (Å²) in [5.41, 5.74) is 4.80. The van der Waals surface area contributed by atoms with Gasteiger partial charge >= 0.3 is 0 Å². The quantitative estimate of drug-likeness (QED) is 0.394. The van der Waals surface area contributed by atoms with E-state index in [0.717, 1.165) is 34.2 Å². The molecule has 176 valence electrons. The zero-order chi connectivity index (χ0) is 24.4. The maximum absolute atomic E-state index is 13.0. The van der Waals surface area contributed by atoms with Crippen molar-refractivity contribution in [3.63, 3.8) is 0 Å². The highest BCUT2D eigenvalue weighted by atomic mass is 32.1. The molecule has 1 aliphatic heterocycles. The van der Waals surface area contributed by atoms with Gasteiger partial charge in [0.2, 0.25) is 5.91 Å². The molecule has 0 radical (unpaired) electrons. The van der Waals surface area contributed by atoms with Crippen LogP contribution >= 0.6 is 12.2 Å². The number of nitrogens with zero attached hydrogens (tertiary/aromatic N) is 4. The second-order valence-electron chi connectivity index (χ2n) is 8.52. The van der Waals surface area contributed by atoms with Crippen LogP contribution in [0.3, 0.4) is 0 Å². The molecule has 3 aromatic heterocycles. The summed E-state index contributed by atoms with van der Waals surface area (Å²) in [5.74, 6) is 0.718. The van der Waals surface area contributed by atoms with E-state index < -0.39 is 0 Å². The third-order valence-electron chi connectivity index (χ3n) is 6.24. The zero-order valence-corrected chi connectivity index (χ0v) is 20.4. The number of rotatable bonds is 6. The van der Waals surface area contributed by atoms with E-state index in [1.165, 1.54) is 0 Å². The fourth-order valence-corrected chi connectivity index (χ4v) is 5.02. The van der Waals surface area contributed by atoms with Crippen molar-refractivity contribution in [3.8, 4) is 5.82 Å². The Morgan fingerprint density at radius 2 is 1.71 bits per heavy atom. The molecule has 2 N–H and O–H groups in total. The minimum atomic E-state index is -0.220. The van der Waals surface area contributed by atoms with Crippen molar-refractivity contribution in [2.24, 2.45) is 0 Å². The van der Waals surface area contributed by atoms with E-state index in [-0.39, 0.29) is 24.5 Å². The van der Waals surface area contributed by atoms with Gasteiger partial charge in [-0.3, -0.25) is 9.78 Å². The molecule has 8 heteroatoms. The normalized spacial score (nSPS) is 17.3. The van der Waals surface area contributed by atoms with E-state index in [1.807, 2.05) is 71.6 Å². The summed E-state index contributed by atoms with van der Waals surface area (Å²) in [5, 5.41) is 6.92. The van der Waals surface area contributed by atoms with Gasteiger partial charge in [-0.25, -0.2) is 4.98 Å². The molecular formula is C27H26N6OS. The molecule has 2 atom stereocenters. The van der Waals surface area contributed by atoms with Crippen LogP contribution in [0.4, 0.5) is 5.69 Å². The van der Waals surface area contributed by atoms with Crippen LogP contribution in [0.15, 0.2) is 85.2 Å². The first kappa shape index (κ1) is 22.7. The number of carbonyl (C=O) groups is 1. The molecule has 1 saturated heterocycles. The first-order valence-electron chi connectivity index (χ1n) is 11.5. The zero-order valence-electron chi connectivity index (χ0n) is 19.6. The summed E-state index contributed by atoms with van der Waals surface area (Å²) in [7, 11) is 0. The van der Waals surface area contributed by atoms with Crippen LogP contribution in [0.2, 0.25) is 0 Å². The Bertz CT molecular complexity index is 1340. The topological polar surface area (TPSA) is 75.1 Å². The van der Waals surface area contributed by atoms with Crippen molar-refractivity contribution in [1.82, 2.24) is 24.8 Å². The Hall–Kier alpha value is -4.04. The second kappa shape index (κ2) is 9.68. The second-order valence-corrected chi connectivity index (χ2v) is 8.91. The molecule has 4 heterocycles. The molecule has 0 aliphatic carbocycles. The summed E-state index contributed by atoms with van der Waals surface area (Å²) in [6, 6.07) is 22.9. The van der Waals surface area contributed by atoms with Crippen LogP contribution in [-0.4, -0.2) is 37.0 Å². The van der Waals surface area contributed by atoms with E-state index in [2.05, 4.69) is 45.1 Å². The van der Waals surface area contributed by atoms with Crippen molar-refractivity contribution in [2.75, 3.05) is 11.9 Å². The van der Waals surface area contributed by atoms with E-state index >= 15 is 0 Å². The van der Waals surface area contributed by atoms with Gasteiger partial charge in [0.15, 0.2) is 5.11 Å². The molecule has 1 fully saturated rings. The Morgan fingerprint density at radius 3 is 2.40 bits per heavy atom. The van der Waals surface area contributed by atoms with Gasteiger partial charge in [-0.15, -0.1) is 0 Å². The molecular weight excluding hydrogens is 456 g/mol. The van der Waals surface area contributed by atoms with E-state index in [9.17, 15) is 4.79 Å². The van der Waals surface area contributed by atoms with Crippen molar-refractivity contribution < 1.29 is 4.79 Å². The highest BCUT2D eigenvalue weighted by molar-refractivity contribution is 7.80. The average Bonchev–Trinajstić information content (AvgIpc) is 3.35. The van der Waals surface area contributed by atoms with Gasteiger partial charge in [-0.2, -0.15) is 0 Å². The van der Waals surface area contributed by atoms with Crippen LogP contribution in [0.5, 0.6) is 0 Å². The van der Waals surface area contributed by atoms with Crippen LogP contribution in [0.1, 0.15) is 34.7 Å². The van der Waals surface area contributed by atoms with E-state index in [1.54, 1.807) is 12.4 Å². The largest absolute Gasteiger partial charge is 0.352 e. The van der Waals surface area contributed by atoms with Crippen molar-refractivity contribution >= 4 is 28.9 Å². The maximum atomic E-state index is 13.0. The fraction of sp³-hybridized carbons (Fsp3) is 0.185. The Balaban J connectivity index is 1.53. The first-order chi connectivity index (χ1) is 17.0. The number of amides is 1. The van der Waals surface area contributed by atoms with E-state index in [0.29, 0.717) is 5.11 Å². The predicted molar refractivity (Wildman–Crippen MR) is 140 cm³/mol. The number of benzene rings is 1. The summed E-state index contributed by atoms with van der Waals surface area (Å²) in [6.45, 7) is 4.26. The smallest absolute Gasteiger partial charge is 0.244 e. The predicted octanol–water partition coefficient (Wildman–Crippen LogP) is 4.50. The van der Waals surface area contributed by atoms with E-state index in [4.69, 9.17) is 12.2 Å². The maximum Gasteiger partial charge on any atom is 0.244 e. The molecule has 0 bridgehead atoms. The first-order valence-corrected chi connectivity index (χ1v) is 11.9. The molecule has 0 spiro atoms. The Labute approximate surface area is 209 Å². The van der Waals surface area contributed by atoms with Crippen molar-refractivity contribution in [2.45, 2.75) is 25.9 Å². The summed E-state index contributed by atoms with van der Waals surface area (Å²) in [4.78, 5) is 24.1. The summed E-state index contributed by atoms with van der Waals surface area (Å²) >= 11 is 5.74. The SMILES string of the molecule is Cc1cc(C2C(c3ccccn3)NC(=S)N2CC(=O)Nc2ccccc2)c(C)n1-c1ccccn1. The van der Waals surface area contributed by atoms with Gasteiger partial charge in [0, 0.05) is 29.5 Å². The number of hydrogen-bond donors (Lipinski definition) is 2. The molecule has 1 aliphatic rings. The molecule has 5 rings (SSSR count). The number of carbonyl (C=O) groups excluding carboxylic acids is 1. The van der Waals surface area contributed by atoms with Crippen LogP contribution in [0, 0.1) is 13.8 Å². The number of para-hydroxylation sites is 1. The standard InChI is InChI=1S/C27H26N6OS/c1-18-16-21(19(2)33(18)23-13-7-9-15-29-23)26-25(22-12-6-8-14-28-22)31-27(35)32(26)17-24(34)30-20-10-4-3-5-11-20/h3-16,25-26H,17H2,1-2H3,(H,30,34)(H,31,35). The minimum absolute atomic E-state index is 0.113. The Kier molecular flexibility index (Phi) is 6.29. The van der Waals surface area contributed by atoms with Gasteiger partial charge in [0.25, 0.3) is 0 Å². The minimum Gasteiger partial charge on any atom is -0.352 e. The van der Waals surface area contributed by atoms with Crippen molar-refractivity contribution in [3.05, 3.63) is 108 Å². The molecule has 1 amide bonds. The highest BCUT2D eigenvalue weighted by Crippen LogP contribution is 2.41. The lowest BCUT2D eigenvalue weighted by molar-refractivity contribution is -0.116. The lowest BCUT2D eigenvalue weighted by Crippen LogP contribution is -2.37. The lowest BCUT2D eigenvalue weighted by atomic mass is 9.96. The van der Waals surface area contributed by atoms with Crippen LogP contribution in [0.25, 0.3) is 5.82 Å². The number of hydrogen-bond acceptors (Lipinski definition) is 4. The third-order valence-corrected chi connectivity index (χ3v) is 6.59. The van der Waals surface area contributed by atoms with Gasteiger partial charge in [0.05, 0.1) is 17.8 Å². The molecule has 1 aromatic carbocycles. The highest BCUT2D eigenvalue weighted by Gasteiger charge is 2.42. The molecule has 2 unspecified atom stereocenters. The number of thiocarbonyl (C=S) groups is 1. The number of anilines is 1. The van der Waals surface area contributed by atoms with Gasteiger partial charge in [-0.1, -0.05) is 30.3 Å². The Morgan fingerprint density at radius 1 is 1.00 bits per heavy atom. The molecule has 7 nitrogen and oxygen atoms in total. The number of aryl methyl sites for hydroxylation is 1. The fourth-order valence-electron chi connectivity index (χ4n) is 4.72. The third kappa shape index (κ3) is 4.52. The summed E-state index contributed by atoms with van der Waals surface area (Å²) in [6.07, 6.45) is 3.57. The van der Waals surface area contributed by atoms with Crippen LogP contribution in [-0.2, 0) is 4.79 Å². The molecule has 4 aromatic rings. The summed E-state index contributed by atoms with van der Waals surface area (Å²) < 4.78 is 2.13. The van der Waals surface area contributed by atoms with Gasteiger partial charge in [-0.05, 0) is 74.1 Å². The number of pyridine rings is 2. The number of aromatic nitrogens is 3. The average molecular weight is 483 g/mol. The molecule has 0 saturated carbocycles. The molecule has 35 heavy (non-hydrogen) atoms. The number of nitrogens with one attached hydrogen (secondary N) is 2. The lowest BCUT2D eigenvalue weighted by Gasteiger charge is -2.27.